The Morgan fingerprint density at radius 3 is 2.61 bits per heavy atom. The summed E-state index contributed by atoms with van der Waals surface area (Å²) in [6, 6.07) is 16.9. The van der Waals surface area contributed by atoms with Gasteiger partial charge in [-0.25, -0.2) is 32.8 Å². The van der Waals surface area contributed by atoms with Crippen LogP contribution in [0.25, 0.3) is 11.3 Å². The van der Waals surface area contributed by atoms with E-state index in [0.29, 0.717) is 22.3 Å². The van der Waals surface area contributed by atoms with Crippen LogP contribution < -0.4 is 4.52 Å². The molecule has 2 atom stereocenters. The summed E-state index contributed by atoms with van der Waals surface area (Å²) in [4.78, 5) is 39.8. The van der Waals surface area contributed by atoms with Crippen molar-refractivity contribution in [2.75, 3.05) is 6.79 Å². The first-order valence-corrected chi connectivity index (χ1v) is 15.8. The molecule has 2 N–H and O–H groups in total. The van der Waals surface area contributed by atoms with Crippen LogP contribution in [0, 0.1) is 23.0 Å². The largest absolute Gasteiger partial charge is 0.524 e. The van der Waals surface area contributed by atoms with Crippen molar-refractivity contribution in [1.82, 2.24) is 19.7 Å². The van der Waals surface area contributed by atoms with Crippen LogP contribution in [0.3, 0.4) is 0 Å². The fourth-order valence-electron chi connectivity index (χ4n) is 4.71. The highest BCUT2D eigenvalue weighted by Crippen LogP contribution is 2.45. The number of phosphoric ester groups is 1. The van der Waals surface area contributed by atoms with Gasteiger partial charge in [0.1, 0.15) is 35.6 Å². The van der Waals surface area contributed by atoms with Gasteiger partial charge in [0.25, 0.3) is 0 Å². The van der Waals surface area contributed by atoms with E-state index in [1.807, 2.05) is 0 Å². The van der Waals surface area contributed by atoms with Crippen molar-refractivity contribution in [2.45, 2.75) is 25.0 Å². The smallest absolute Gasteiger partial charge is 0.435 e. The Bertz CT molecular complexity index is 1930. The van der Waals surface area contributed by atoms with Crippen LogP contribution in [0.4, 0.5) is 8.78 Å². The van der Waals surface area contributed by atoms with Gasteiger partial charge in [0.15, 0.2) is 6.79 Å². The molecular formula is C30H24F2N5O7PS. The molecule has 2 aromatic heterocycles. The molecule has 236 valence electrons. The zero-order valence-electron chi connectivity index (χ0n) is 23.9. The molecule has 0 spiro atoms. The van der Waals surface area contributed by atoms with Gasteiger partial charge in [0, 0.05) is 28.5 Å². The Balaban J connectivity index is 1.50. The van der Waals surface area contributed by atoms with E-state index in [1.54, 1.807) is 36.6 Å². The van der Waals surface area contributed by atoms with E-state index in [0.717, 1.165) is 17.7 Å². The average Bonchev–Trinajstić information content (AvgIpc) is 3.72. The summed E-state index contributed by atoms with van der Waals surface area (Å²) in [6.45, 7) is 0.837. The fourth-order valence-corrected chi connectivity index (χ4v) is 6.07. The zero-order chi connectivity index (χ0) is 32.9. The van der Waals surface area contributed by atoms with Crippen molar-refractivity contribution in [2.24, 2.45) is 0 Å². The standard InChI is InChI=1S/C30H24F2N5O7PS/c1-19(28-36-27(14-46-28)21-7-5-20(13-33)6-8-21)30(15-37-17-34-16-35-37,25-10-9-23(31)12-26(25)32)43-18-42-29(38)22-3-2-4-24(11-22)44-45(39,40)41/h2-12,14,16-17,19H,15,18H2,1H3,(H2,39,40,41)/t19-,30+/m0/s1. The van der Waals surface area contributed by atoms with Gasteiger partial charge in [-0.2, -0.15) is 10.4 Å². The van der Waals surface area contributed by atoms with Gasteiger partial charge < -0.3 is 14.0 Å². The van der Waals surface area contributed by atoms with E-state index in [-0.39, 0.29) is 23.4 Å². The third kappa shape index (κ3) is 7.51. The number of ether oxygens (including phenoxy) is 2. The molecule has 2 heterocycles. The number of nitriles is 1. The predicted octanol–water partition coefficient (Wildman–Crippen LogP) is 5.55. The van der Waals surface area contributed by atoms with E-state index >= 15 is 4.39 Å². The number of esters is 1. The lowest BCUT2D eigenvalue weighted by atomic mass is 9.81. The van der Waals surface area contributed by atoms with E-state index in [1.165, 1.54) is 52.9 Å². The van der Waals surface area contributed by atoms with Gasteiger partial charge in [-0.15, -0.1) is 11.3 Å². The van der Waals surface area contributed by atoms with Crippen molar-refractivity contribution in [3.05, 3.63) is 118 Å². The summed E-state index contributed by atoms with van der Waals surface area (Å²) < 4.78 is 58.5. The van der Waals surface area contributed by atoms with Crippen LogP contribution in [0.2, 0.25) is 0 Å². The van der Waals surface area contributed by atoms with Crippen molar-refractivity contribution in [3.63, 3.8) is 0 Å². The molecule has 0 aliphatic rings. The molecule has 0 bridgehead atoms. The number of rotatable bonds is 12. The quantitative estimate of drug-likeness (QED) is 0.0971. The van der Waals surface area contributed by atoms with Gasteiger partial charge in [-0.05, 0) is 36.4 Å². The predicted molar refractivity (Wildman–Crippen MR) is 159 cm³/mol. The van der Waals surface area contributed by atoms with Crippen molar-refractivity contribution in [3.8, 4) is 23.1 Å². The maximum atomic E-state index is 15.6. The number of thiazole rings is 1. The average molecular weight is 668 g/mol. The Labute approximate surface area is 264 Å². The van der Waals surface area contributed by atoms with E-state index in [4.69, 9.17) is 29.5 Å². The number of carbonyl (C=O) groups excluding carboxylic acids is 1. The van der Waals surface area contributed by atoms with Gasteiger partial charge in [-0.3, -0.25) is 9.79 Å². The van der Waals surface area contributed by atoms with Gasteiger partial charge in [0.05, 0.1) is 34.4 Å². The number of benzene rings is 3. The lowest BCUT2D eigenvalue weighted by Gasteiger charge is -2.38. The van der Waals surface area contributed by atoms with Gasteiger partial charge in [-0.1, -0.05) is 31.2 Å². The fraction of sp³-hybridized carbons (Fsp3) is 0.167. The summed E-state index contributed by atoms with van der Waals surface area (Å²) in [5.41, 5.74) is -0.0609. The second-order valence-corrected chi connectivity index (χ2v) is 11.9. The minimum Gasteiger partial charge on any atom is -0.435 e. The molecule has 46 heavy (non-hydrogen) atoms. The van der Waals surface area contributed by atoms with E-state index < -0.39 is 43.7 Å². The summed E-state index contributed by atoms with van der Waals surface area (Å²) >= 11 is 1.26. The normalized spacial score (nSPS) is 13.4. The molecule has 0 saturated heterocycles. The van der Waals surface area contributed by atoms with Crippen molar-refractivity contribution in [1.29, 1.82) is 5.26 Å². The number of halogens is 2. The molecule has 12 nitrogen and oxygen atoms in total. The Kier molecular flexibility index (Phi) is 9.66. The Morgan fingerprint density at radius 2 is 1.93 bits per heavy atom. The summed E-state index contributed by atoms with van der Waals surface area (Å²) in [5.74, 6) is -3.70. The van der Waals surface area contributed by atoms with Gasteiger partial charge in [0.2, 0.25) is 0 Å². The molecule has 0 amide bonds. The van der Waals surface area contributed by atoms with Crippen molar-refractivity contribution >= 4 is 25.1 Å². The minimum absolute atomic E-state index is 0.0693. The highest BCUT2D eigenvalue weighted by Gasteiger charge is 2.45. The molecule has 5 rings (SSSR count). The van der Waals surface area contributed by atoms with E-state index in [9.17, 15) is 13.8 Å². The minimum atomic E-state index is -4.88. The van der Waals surface area contributed by atoms with Crippen LogP contribution in [0.15, 0.2) is 84.8 Å². The second kappa shape index (κ2) is 13.7. The highest BCUT2D eigenvalue weighted by atomic mass is 32.1. The first kappa shape index (κ1) is 32.6. The molecule has 0 aliphatic heterocycles. The third-order valence-corrected chi connectivity index (χ3v) is 8.43. The van der Waals surface area contributed by atoms with Crippen LogP contribution in [0.5, 0.6) is 5.75 Å². The highest BCUT2D eigenvalue weighted by molar-refractivity contribution is 7.46. The maximum Gasteiger partial charge on any atom is 0.524 e. The molecule has 5 aromatic rings. The number of aromatic nitrogens is 4. The Hall–Kier alpha value is -4.84. The maximum absolute atomic E-state index is 15.6. The molecule has 0 aliphatic carbocycles. The molecule has 0 radical (unpaired) electrons. The number of hydrogen-bond donors (Lipinski definition) is 2. The molecular weight excluding hydrogens is 643 g/mol. The molecule has 16 heteroatoms. The second-order valence-electron chi connectivity index (χ2n) is 9.89. The van der Waals surface area contributed by atoms with Crippen molar-refractivity contribution < 1.29 is 41.9 Å². The topological polar surface area (TPSA) is 170 Å². The molecule has 0 fully saturated rings. The Morgan fingerprint density at radius 1 is 1.15 bits per heavy atom. The van der Waals surface area contributed by atoms with Crippen LogP contribution >= 0.6 is 19.2 Å². The SMILES string of the molecule is C[C@@H](c1nc(-c2ccc(C#N)cc2)cs1)[C@@](Cn1cncn1)(OCOC(=O)c1cccc(OP(=O)(O)O)c1)c1ccc(F)cc1F. The zero-order valence-corrected chi connectivity index (χ0v) is 25.6. The van der Waals surface area contributed by atoms with Crippen LogP contribution in [-0.2, 0) is 26.2 Å². The monoisotopic (exact) mass is 667 g/mol. The van der Waals surface area contributed by atoms with Crippen LogP contribution in [0.1, 0.15) is 39.3 Å². The lowest BCUT2D eigenvalue weighted by Crippen LogP contribution is -2.42. The lowest BCUT2D eigenvalue weighted by molar-refractivity contribution is -0.148. The molecule has 3 aromatic carbocycles. The summed E-state index contributed by atoms with van der Waals surface area (Å²) in [5, 5.41) is 15.6. The first-order valence-electron chi connectivity index (χ1n) is 13.4. The number of hydrogen-bond acceptors (Lipinski definition) is 10. The summed E-state index contributed by atoms with van der Waals surface area (Å²) in [6.07, 6.45) is 2.66. The van der Waals surface area contributed by atoms with E-state index in [2.05, 4.69) is 20.7 Å². The summed E-state index contributed by atoms with van der Waals surface area (Å²) in [7, 11) is -4.88. The number of nitrogens with zero attached hydrogens (tertiary/aromatic N) is 5. The number of carbonyl (C=O) groups is 1. The molecule has 0 saturated carbocycles. The van der Waals surface area contributed by atoms with Crippen LogP contribution in [-0.4, -0.2) is 42.3 Å². The first-order chi connectivity index (χ1) is 22.0. The molecule has 0 unspecified atom stereocenters. The third-order valence-electron chi connectivity index (χ3n) is 6.95. The van der Waals surface area contributed by atoms with Gasteiger partial charge >= 0.3 is 13.8 Å². The number of phosphoric acid groups is 1.